The van der Waals surface area contributed by atoms with Crippen LogP contribution in [-0.4, -0.2) is 47.0 Å². The smallest absolute Gasteiger partial charge is 0.115 e. The van der Waals surface area contributed by atoms with Gasteiger partial charge in [-0.25, -0.2) is 0 Å². The van der Waals surface area contributed by atoms with E-state index in [0.717, 1.165) is 31.5 Å². The normalized spacial score (nSPS) is 21.1. The molecule has 1 fully saturated rings. The van der Waals surface area contributed by atoms with Gasteiger partial charge in [0, 0.05) is 19.6 Å². The number of phenols is 1. The molecule has 0 aliphatic carbocycles. The zero-order valence-corrected chi connectivity index (χ0v) is 12.4. The molecule has 1 unspecified atom stereocenters. The lowest BCUT2D eigenvalue weighted by Crippen LogP contribution is -2.47. The summed E-state index contributed by atoms with van der Waals surface area (Å²) in [6, 6.07) is 7.22. The van der Waals surface area contributed by atoms with Crippen LogP contribution in [-0.2, 0) is 4.74 Å². The van der Waals surface area contributed by atoms with Crippen LogP contribution in [0.2, 0.25) is 0 Å². The van der Waals surface area contributed by atoms with Gasteiger partial charge in [-0.2, -0.15) is 0 Å². The van der Waals surface area contributed by atoms with E-state index in [4.69, 9.17) is 4.74 Å². The summed E-state index contributed by atoms with van der Waals surface area (Å²) in [5.41, 5.74) is 0.381. The van der Waals surface area contributed by atoms with Crippen LogP contribution in [0.4, 0.5) is 0 Å². The molecule has 20 heavy (non-hydrogen) atoms. The van der Waals surface area contributed by atoms with Crippen LogP contribution < -0.4 is 0 Å². The van der Waals surface area contributed by atoms with Crippen molar-refractivity contribution >= 4 is 0 Å². The van der Waals surface area contributed by atoms with E-state index >= 15 is 0 Å². The van der Waals surface area contributed by atoms with Gasteiger partial charge in [0.1, 0.15) is 5.75 Å². The Morgan fingerprint density at radius 3 is 2.75 bits per heavy atom. The van der Waals surface area contributed by atoms with Crippen LogP contribution in [0.15, 0.2) is 24.3 Å². The second kappa shape index (κ2) is 6.57. The van der Waals surface area contributed by atoms with Crippen LogP contribution in [0.25, 0.3) is 0 Å². The Labute approximate surface area is 121 Å². The molecule has 2 N–H and O–H groups in total. The molecular formula is C16H25NO3. The summed E-state index contributed by atoms with van der Waals surface area (Å²) in [5, 5.41) is 20.0. The molecule has 0 bridgehead atoms. The fourth-order valence-electron chi connectivity index (χ4n) is 2.66. The number of rotatable bonds is 5. The van der Waals surface area contributed by atoms with Crippen molar-refractivity contribution in [1.29, 1.82) is 0 Å². The van der Waals surface area contributed by atoms with Gasteiger partial charge in [-0.1, -0.05) is 26.0 Å². The van der Waals surface area contributed by atoms with Crippen molar-refractivity contribution in [3.8, 4) is 5.75 Å². The molecule has 1 saturated heterocycles. The van der Waals surface area contributed by atoms with E-state index < -0.39 is 5.60 Å². The predicted molar refractivity (Wildman–Crippen MR) is 78.8 cm³/mol. The molecule has 0 saturated carbocycles. The van der Waals surface area contributed by atoms with Crippen molar-refractivity contribution in [2.75, 3.05) is 26.2 Å². The summed E-state index contributed by atoms with van der Waals surface area (Å²) in [7, 11) is 0. The van der Waals surface area contributed by atoms with Crippen molar-refractivity contribution in [3.05, 3.63) is 29.8 Å². The zero-order valence-electron chi connectivity index (χ0n) is 12.4. The van der Waals surface area contributed by atoms with Gasteiger partial charge in [0.05, 0.1) is 18.3 Å². The number of aromatic hydroxyl groups is 1. The van der Waals surface area contributed by atoms with Crippen molar-refractivity contribution in [3.63, 3.8) is 0 Å². The predicted octanol–water partition coefficient (Wildman–Crippen LogP) is 2.32. The fourth-order valence-corrected chi connectivity index (χ4v) is 2.66. The van der Waals surface area contributed by atoms with Gasteiger partial charge in [0.15, 0.2) is 0 Å². The van der Waals surface area contributed by atoms with Gasteiger partial charge in [-0.05, 0) is 30.5 Å². The maximum atomic E-state index is 10.5. The SMILES string of the molecule is CCC(O)(CC)CN1CCOC(c2cccc(O)c2)C1. The number of hydrogen-bond donors (Lipinski definition) is 2. The third-order valence-corrected chi connectivity index (χ3v) is 4.23. The Balaban J connectivity index is 2.02. The maximum absolute atomic E-state index is 10.5. The minimum absolute atomic E-state index is 0.0335. The van der Waals surface area contributed by atoms with E-state index in [1.165, 1.54) is 0 Å². The van der Waals surface area contributed by atoms with Gasteiger partial charge < -0.3 is 14.9 Å². The molecule has 0 radical (unpaired) electrons. The van der Waals surface area contributed by atoms with Crippen molar-refractivity contribution < 1.29 is 14.9 Å². The number of morpholine rings is 1. The molecule has 1 heterocycles. The largest absolute Gasteiger partial charge is 0.508 e. The lowest BCUT2D eigenvalue weighted by molar-refractivity contribution is -0.0681. The number of aliphatic hydroxyl groups is 1. The molecule has 0 spiro atoms. The van der Waals surface area contributed by atoms with Gasteiger partial charge in [0.25, 0.3) is 0 Å². The standard InChI is InChI=1S/C16H25NO3/c1-3-16(19,4-2)12-17-8-9-20-15(11-17)13-6-5-7-14(18)10-13/h5-7,10,15,18-19H,3-4,8-9,11-12H2,1-2H3. The van der Waals surface area contributed by atoms with E-state index in [1.807, 2.05) is 26.0 Å². The molecule has 0 amide bonds. The second-order valence-corrected chi connectivity index (χ2v) is 5.62. The second-order valence-electron chi connectivity index (χ2n) is 5.62. The molecule has 1 aliphatic heterocycles. The molecule has 1 aromatic rings. The first-order valence-corrected chi connectivity index (χ1v) is 7.41. The molecule has 4 nitrogen and oxygen atoms in total. The molecule has 112 valence electrons. The van der Waals surface area contributed by atoms with Gasteiger partial charge in [-0.3, -0.25) is 4.90 Å². The summed E-state index contributed by atoms with van der Waals surface area (Å²) in [6.45, 7) is 6.99. The van der Waals surface area contributed by atoms with Crippen LogP contribution in [0.5, 0.6) is 5.75 Å². The molecule has 0 aromatic heterocycles. The minimum atomic E-state index is -0.610. The van der Waals surface area contributed by atoms with Crippen LogP contribution >= 0.6 is 0 Å². The summed E-state index contributed by atoms with van der Waals surface area (Å²) in [4.78, 5) is 2.26. The van der Waals surface area contributed by atoms with E-state index in [1.54, 1.807) is 12.1 Å². The van der Waals surface area contributed by atoms with E-state index in [0.29, 0.717) is 13.2 Å². The summed E-state index contributed by atoms with van der Waals surface area (Å²) >= 11 is 0. The first-order valence-electron chi connectivity index (χ1n) is 7.41. The van der Waals surface area contributed by atoms with Gasteiger partial charge in [-0.15, -0.1) is 0 Å². The highest BCUT2D eigenvalue weighted by molar-refractivity contribution is 5.29. The van der Waals surface area contributed by atoms with Crippen LogP contribution in [0.3, 0.4) is 0 Å². The Morgan fingerprint density at radius 2 is 2.10 bits per heavy atom. The number of phenolic OH excluding ortho intramolecular Hbond substituents is 1. The Kier molecular flexibility index (Phi) is 5.02. The Morgan fingerprint density at radius 1 is 1.35 bits per heavy atom. The van der Waals surface area contributed by atoms with Crippen LogP contribution in [0, 0.1) is 0 Å². The monoisotopic (exact) mass is 279 g/mol. The molecular weight excluding hydrogens is 254 g/mol. The number of β-amino-alcohol motifs (C(OH)–C–C–N with tert-alkyl or cyclic N) is 1. The number of ether oxygens (including phenoxy) is 1. The Hall–Kier alpha value is -1.10. The third-order valence-electron chi connectivity index (χ3n) is 4.23. The van der Waals surface area contributed by atoms with Gasteiger partial charge in [0.2, 0.25) is 0 Å². The number of nitrogens with zero attached hydrogens (tertiary/aromatic N) is 1. The van der Waals surface area contributed by atoms with E-state index in [9.17, 15) is 10.2 Å². The highest BCUT2D eigenvalue weighted by Gasteiger charge is 2.29. The number of benzene rings is 1. The van der Waals surface area contributed by atoms with Crippen molar-refractivity contribution in [1.82, 2.24) is 4.90 Å². The topological polar surface area (TPSA) is 52.9 Å². The highest BCUT2D eigenvalue weighted by Crippen LogP contribution is 2.26. The molecule has 4 heteroatoms. The molecule has 1 aliphatic rings. The summed E-state index contributed by atoms with van der Waals surface area (Å²) < 4.78 is 5.80. The summed E-state index contributed by atoms with van der Waals surface area (Å²) in [5.74, 6) is 0.266. The fraction of sp³-hybridized carbons (Fsp3) is 0.625. The average molecular weight is 279 g/mol. The van der Waals surface area contributed by atoms with Crippen molar-refractivity contribution in [2.24, 2.45) is 0 Å². The molecule has 2 rings (SSSR count). The lowest BCUT2D eigenvalue weighted by atomic mass is 9.96. The highest BCUT2D eigenvalue weighted by atomic mass is 16.5. The molecule has 1 atom stereocenters. The third kappa shape index (κ3) is 3.72. The summed E-state index contributed by atoms with van der Waals surface area (Å²) in [6.07, 6.45) is 1.49. The Bertz CT molecular complexity index is 431. The average Bonchev–Trinajstić information content (AvgIpc) is 2.47. The maximum Gasteiger partial charge on any atom is 0.115 e. The van der Waals surface area contributed by atoms with Crippen LogP contribution in [0.1, 0.15) is 38.4 Å². The first kappa shape index (κ1) is 15.3. The zero-order chi connectivity index (χ0) is 14.6. The van der Waals surface area contributed by atoms with E-state index in [-0.39, 0.29) is 11.9 Å². The molecule has 1 aromatic carbocycles. The minimum Gasteiger partial charge on any atom is -0.508 e. The van der Waals surface area contributed by atoms with Crippen molar-refractivity contribution in [2.45, 2.75) is 38.4 Å². The van der Waals surface area contributed by atoms with E-state index in [2.05, 4.69) is 4.90 Å². The number of hydrogen-bond acceptors (Lipinski definition) is 4. The van der Waals surface area contributed by atoms with Gasteiger partial charge >= 0.3 is 0 Å². The first-order chi connectivity index (χ1) is 9.56. The lowest BCUT2D eigenvalue weighted by Gasteiger charge is -2.38. The quantitative estimate of drug-likeness (QED) is 0.868.